The number of thioether (sulfide) groups is 1. The van der Waals surface area contributed by atoms with Gasteiger partial charge in [-0.2, -0.15) is 0 Å². The van der Waals surface area contributed by atoms with E-state index >= 15 is 0 Å². The van der Waals surface area contributed by atoms with Crippen LogP contribution in [0.5, 0.6) is 0 Å². The molecular weight excluding hydrogens is 364 g/mol. The molecule has 0 saturated heterocycles. The van der Waals surface area contributed by atoms with Gasteiger partial charge in [0.25, 0.3) is 5.91 Å². The molecule has 3 aromatic rings. The lowest BCUT2D eigenvalue weighted by atomic mass is 10.0. The predicted octanol–water partition coefficient (Wildman–Crippen LogP) is 5.80. The number of carbonyl (C=O) groups is 1. The topological polar surface area (TPSA) is 42.0 Å². The monoisotopic (exact) mass is 390 g/mol. The molecule has 1 N–H and O–H groups in total. The van der Waals surface area contributed by atoms with Gasteiger partial charge >= 0.3 is 0 Å². The van der Waals surface area contributed by atoms with Crippen LogP contribution in [0.15, 0.2) is 65.7 Å². The van der Waals surface area contributed by atoms with Crippen LogP contribution in [0.3, 0.4) is 0 Å². The lowest BCUT2D eigenvalue weighted by Crippen LogP contribution is -2.23. The van der Waals surface area contributed by atoms with Crippen LogP contribution in [0, 0.1) is 13.8 Å². The zero-order valence-electron chi connectivity index (χ0n) is 16.7. The highest BCUT2D eigenvalue weighted by Crippen LogP contribution is 2.28. The van der Waals surface area contributed by atoms with E-state index in [-0.39, 0.29) is 5.91 Å². The number of amides is 1. The second-order valence-corrected chi connectivity index (χ2v) is 8.12. The normalized spacial score (nSPS) is 10.7. The number of hydrogen-bond acceptors (Lipinski definition) is 3. The summed E-state index contributed by atoms with van der Waals surface area (Å²) in [4.78, 5) is 18.2. The minimum Gasteiger partial charge on any atom is -0.348 e. The molecule has 1 heterocycles. The second kappa shape index (κ2) is 9.56. The van der Waals surface area contributed by atoms with Crippen molar-refractivity contribution in [3.63, 3.8) is 0 Å². The highest BCUT2D eigenvalue weighted by Gasteiger charge is 2.11. The van der Waals surface area contributed by atoms with Gasteiger partial charge in [-0.1, -0.05) is 42.8 Å². The van der Waals surface area contributed by atoms with Gasteiger partial charge in [-0.15, -0.1) is 11.8 Å². The number of rotatable bonds is 7. The van der Waals surface area contributed by atoms with Crippen molar-refractivity contribution in [2.45, 2.75) is 38.6 Å². The Morgan fingerprint density at radius 2 is 1.79 bits per heavy atom. The molecule has 0 aliphatic carbocycles. The Bertz CT molecular complexity index is 934. The first-order chi connectivity index (χ1) is 13.5. The lowest BCUT2D eigenvalue weighted by molar-refractivity contribution is 0.0950. The summed E-state index contributed by atoms with van der Waals surface area (Å²) in [6.45, 7) is 6.67. The van der Waals surface area contributed by atoms with E-state index in [0.29, 0.717) is 12.1 Å². The molecule has 1 aromatic heterocycles. The van der Waals surface area contributed by atoms with Gasteiger partial charge in [0, 0.05) is 28.9 Å². The highest BCUT2D eigenvalue weighted by molar-refractivity contribution is 7.99. The summed E-state index contributed by atoms with van der Waals surface area (Å²) in [6, 6.07) is 18.5. The van der Waals surface area contributed by atoms with Crippen molar-refractivity contribution < 1.29 is 4.79 Å². The molecule has 0 spiro atoms. The summed E-state index contributed by atoms with van der Waals surface area (Å²) in [5.74, 6) is 0.973. The fourth-order valence-corrected chi connectivity index (χ4v) is 3.69. The van der Waals surface area contributed by atoms with Gasteiger partial charge in [-0.3, -0.25) is 9.78 Å². The minimum absolute atomic E-state index is 0.0621. The SMILES string of the molecule is CCCSc1cc(C(=O)NCc2ccc(C)nc2)cc(-c2ccc(C)cc2)c1. The number of pyridine rings is 1. The van der Waals surface area contributed by atoms with E-state index in [1.54, 1.807) is 18.0 Å². The van der Waals surface area contributed by atoms with E-state index in [1.165, 1.54) is 5.56 Å². The van der Waals surface area contributed by atoms with Gasteiger partial charge in [0.2, 0.25) is 0 Å². The van der Waals surface area contributed by atoms with Crippen LogP contribution in [0.4, 0.5) is 0 Å². The van der Waals surface area contributed by atoms with Crippen molar-refractivity contribution in [1.82, 2.24) is 10.3 Å². The summed E-state index contributed by atoms with van der Waals surface area (Å²) in [5, 5.41) is 3.02. The van der Waals surface area contributed by atoms with E-state index in [9.17, 15) is 4.79 Å². The largest absolute Gasteiger partial charge is 0.348 e. The Balaban J connectivity index is 1.83. The third-order valence-corrected chi connectivity index (χ3v) is 5.63. The Hall–Kier alpha value is -2.59. The molecule has 0 bridgehead atoms. The molecule has 0 aliphatic rings. The van der Waals surface area contributed by atoms with Gasteiger partial charge in [-0.05, 0) is 67.0 Å². The van der Waals surface area contributed by atoms with Crippen molar-refractivity contribution in [1.29, 1.82) is 0 Å². The number of aryl methyl sites for hydroxylation is 2. The van der Waals surface area contributed by atoms with Crippen molar-refractivity contribution >= 4 is 17.7 Å². The van der Waals surface area contributed by atoms with Gasteiger partial charge in [-0.25, -0.2) is 0 Å². The first-order valence-corrected chi connectivity index (χ1v) is 10.6. The first kappa shape index (κ1) is 20.2. The molecule has 0 atom stereocenters. The fourth-order valence-electron chi connectivity index (χ4n) is 2.83. The smallest absolute Gasteiger partial charge is 0.251 e. The van der Waals surface area contributed by atoms with Gasteiger partial charge in [0.1, 0.15) is 0 Å². The molecule has 3 rings (SSSR count). The van der Waals surface area contributed by atoms with Crippen LogP contribution in [0.25, 0.3) is 11.1 Å². The molecular formula is C24H26N2OS. The quantitative estimate of drug-likeness (QED) is 0.519. The molecule has 1 amide bonds. The van der Waals surface area contributed by atoms with E-state index in [1.807, 2.05) is 31.2 Å². The van der Waals surface area contributed by atoms with Crippen molar-refractivity contribution in [3.8, 4) is 11.1 Å². The molecule has 3 nitrogen and oxygen atoms in total. The molecule has 0 radical (unpaired) electrons. The molecule has 0 unspecified atom stereocenters. The number of carbonyl (C=O) groups excluding carboxylic acids is 1. The predicted molar refractivity (Wildman–Crippen MR) is 118 cm³/mol. The van der Waals surface area contributed by atoms with Crippen LogP contribution < -0.4 is 5.32 Å². The lowest BCUT2D eigenvalue weighted by Gasteiger charge is -2.11. The van der Waals surface area contributed by atoms with Crippen LogP contribution in [0.1, 0.15) is 40.5 Å². The third kappa shape index (κ3) is 5.46. The van der Waals surface area contributed by atoms with Crippen LogP contribution >= 0.6 is 11.8 Å². The maximum Gasteiger partial charge on any atom is 0.251 e. The van der Waals surface area contributed by atoms with Gasteiger partial charge < -0.3 is 5.32 Å². The van der Waals surface area contributed by atoms with Crippen LogP contribution in [0.2, 0.25) is 0 Å². The van der Waals surface area contributed by atoms with E-state index in [2.05, 4.69) is 54.5 Å². The second-order valence-electron chi connectivity index (χ2n) is 6.95. The number of hydrogen-bond donors (Lipinski definition) is 1. The van der Waals surface area contributed by atoms with Crippen molar-refractivity contribution in [2.75, 3.05) is 5.75 Å². The molecule has 144 valence electrons. The zero-order valence-corrected chi connectivity index (χ0v) is 17.5. The molecule has 0 saturated carbocycles. The number of benzene rings is 2. The Morgan fingerprint density at radius 3 is 2.46 bits per heavy atom. The first-order valence-electron chi connectivity index (χ1n) is 9.60. The van der Waals surface area contributed by atoms with Crippen molar-refractivity contribution in [2.24, 2.45) is 0 Å². The summed E-state index contributed by atoms with van der Waals surface area (Å²) < 4.78 is 0. The zero-order chi connectivity index (χ0) is 19.9. The number of nitrogens with one attached hydrogen (secondary N) is 1. The third-order valence-electron chi connectivity index (χ3n) is 4.45. The maximum absolute atomic E-state index is 12.8. The number of aromatic nitrogens is 1. The van der Waals surface area contributed by atoms with Crippen LogP contribution in [-0.2, 0) is 6.54 Å². The molecule has 28 heavy (non-hydrogen) atoms. The van der Waals surface area contributed by atoms with E-state index in [4.69, 9.17) is 0 Å². The van der Waals surface area contributed by atoms with Crippen LogP contribution in [-0.4, -0.2) is 16.6 Å². The van der Waals surface area contributed by atoms with E-state index < -0.39 is 0 Å². The summed E-state index contributed by atoms with van der Waals surface area (Å²) in [5.41, 5.74) is 6.08. The summed E-state index contributed by atoms with van der Waals surface area (Å²) in [7, 11) is 0. The Kier molecular flexibility index (Phi) is 6.88. The average molecular weight is 391 g/mol. The minimum atomic E-state index is -0.0621. The standard InChI is InChI=1S/C24H26N2OS/c1-4-11-28-23-13-21(20-9-5-17(2)6-10-20)12-22(14-23)24(27)26-16-19-8-7-18(3)25-15-19/h5-10,12-15H,4,11,16H2,1-3H3,(H,26,27). The van der Waals surface area contributed by atoms with Crippen molar-refractivity contribution in [3.05, 3.63) is 83.2 Å². The highest BCUT2D eigenvalue weighted by atomic mass is 32.2. The molecule has 0 fully saturated rings. The Morgan fingerprint density at radius 1 is 1.00 bits per heavy atom. The molecule has 2 aromatic carbocycles. The molecule has 4 heteroatoms. The Labute approximate surface area is 171 Å². The van der Waals surface area contributed by atoms with Gasteiger partial charge in [0.05, 0.1) is 0 Å². The summed E-state index contributed by atoms with van der Waals surface area (Å²) >= 11 is 1.79. The maximum atomic E-state index is 12.8. The van der Waals surface area contributed by atoms with Gasteiger partial charge in [0.15, 0.2) is 0 Å². The average Bonchev–Trinajstić information content (AvgIpc) is 2.72. The van der Waals surface area contributed by atoms with E-state index in [0.717, 1.165) is 39.5 Å². The number of nitrogens with zero attached hydrogens (tertiary/aromatic N) is 1. The summed E-state index contributed by atoms with van der Waals surface area (Å²) in [6.07, 6.45) is 2.91. The fraction of sp³-hybridized carbons (Fsp3) is 0.250. The molecule has 0 aliphatic heterocycles.